The van der Waals surface area contributed by atoms with E-state index in [1.807, 2.05) is 0 Å². The van der Waals surface area contributed by atoms with Crippen LogP contribution in [-0.4, -0.2) is 77.7 Å². The molecule has 5 atom stereocenters. The van der Waals surface area contributed by atoms with E-state index in [1.54, 1.807) is 18.2 Å². The lowest BCUT2D eigenvalue weighted by atomic mass is 9.89. The Morgan fingerprint density at radius 2 is 2.03 bits per heavy atom. The molecular formula is C21H25NO9. The maximum Gasteiger partial charge on any atom is 0.334 e. The van der Waals surface area contributed by atoms with Crippen molar-refractivity contribution in [1.29, 1.82) is 0 Å². The lowest BCUT2D eigenvalue weighted by molar-refractivity contribution is -0.355. The van der Waals surface area contributed by atoms with E-state index in [4.69, 9.17) is 18.9 Å². The Balaban J connectivity index is 1.60. The molecule has 4 N–H and O–H groups in total. The number of hydrogen-bond donors (Lipinski definition) is 4. The predicted molar refractivity (Wildman–Crippen MR) is 105 cm³/mol. The summed E-state index contributed by atoms with van der Waals surface area (Å²) in [5.74, 6) is -3.08. The summed E-state index contributed by atoms with van der Waals surface area (Å²) in [5, 5.41) is 34.4. The molecule has 2 saturated heterocycles. The maximum atomic E-state index is 13.0. The van der Waals surface area contributed by atoms with Crippen LogP contribution >= 0.6 is 0 Å². The summed E-state index contributed by atoms with van der Waals surface area (Å²) in [6.45, 7) is 1.35. The zero-order valence-corrected chi connectivity index (χ0v) is 17.2. The first-order valence-electron chi connectivity index (χ1n) is 9.99. The van der Waals surface area contributed by atoms with Gasteiger partial charge < -0.3 is 39.6 Å². The van der Waals surface area contributed by atoms with Gasteiger partial charge in [-0.1, -0.05) is 0 Å². The van der Waals surface area contributed by atoms with Gasteiger partial charge in [0, 0.05) is 19.0 Å². The van der Waals surface area contributed by atoms with Crippen LogP contribution in [0.4, 0.5) is 0 Å². The molecule has 0 amide bonds. The van der Waals surface area contributed by atoms with E-state index >= 15 is 0 Å². The van der Waals surface area contributed by atoms with Crippen molar-refractivity contribution in [3.8, 4) is 11.5 Å². The molecule has 10 nitrogen and oxygen atoms in total. The molecule has 0 radical (unpaired) electrons. The van der Waals surface area contributed by atoms with Crippen LogP contribution in [0.15, 0.2) is 17.7 Å². The standard InChI is InChI=1S/C21H25NO9/c1-10(23)29-18-17(25)16-8-22-9-21(27,31-16)19(18)30-20(26)12-4-3-11-6-14(24)15(28-2)7-13(11)5-12/h5-7,16-19,22,24-25,27H,3-4,8-9H2,1-2H3/t16-,17+,18+,19-,21-/m1/s1. The highest BCUT2D eigenvalue weighted by Gasteiger charge is 2.59. The number of fused-ring (bicyclic) bond motifs is 3. The number of rotatable bonds is 4. The highest BCUT2D eigenvalue weighted by atomic mass is 16.7. The van der Waals surface area contributed by atoms with Crippen LogP contribution in [0.5, 0.6) is 11.5 Å². The first-order valence-corrected chi connectivity index (χ1v) is 9.99. The number of ether oxygens (including phenoxy) is 4. The molecule has 2 bridgehead atoms. The van der Waals surface area contributed by atoms with E-state index < -0.39 is 42.1 Å². The topological polar surface area (TPSA) is 144 Å². The van der Waals surface area contributed by atoms with Crippen LogP contribution in [0, 0.1) is 0 Å². The molecule has 1 aliphatic carbocycles. The van der Waals surface area contributed by atoms with E-state index in [9.17, 15) is 24.9 Å². The number of carbonyl (C=O) groups excluding carboxylic acids is 2. The van der Waals surface area contributed by atoms with Gasteiger partial charge in [-0.05, 0) is 42.2 Å². The number of aliphatic hydroxyl groups is 2. The van der Waals surface area contributed by atoms with E-state index in [1.165, 1.54) is 14.0 Å². The number of methoxy groups -OCH3 is 1. The van der Waals surface area contributed by atoms with Gasteiger partial charge in [-0.2, -0.15) is 0 Å². The van der Waals surface area contributed by atoms with Crippen molar-refractivity contribution in [3.05, 3.63) is 28.8 Å². The van der Waals surface area contributed by atoms with Gasteiger partial charge in [0.1, 0.15) is 12.2 Å². The number of morpholine rings is 1. The zero-order valence-electron chi connectivity index (χ0n) is 17.2. The lowest BCUT2D eigenvalue weighted by Crippen LogP contribution is -2.73. The highest BCUT2D eigenvalue weighted by Crippen LogP contribution is 2.37. The number of phenols is 1. The fourth-order valence-corrected chi connectivity index (χ4v) is 4.25. The van der Waals surface area contributed by atoms with Gasteiger partial charge in [-0.3, -0.25) is 4.79 Å². The summed E-state index contributed by atoms with van der Waals surface area (Å²) in [7, 11) is 1.43. The molecular weight excluding hydrogens is 410 g/mol. The largest absolute Gasteiger partial charge is 0.504 e. The first kappa shape index (κ1) is 21.6. The van der Waals surface area contributed by atoms with Crippen molar-refractivity contribution in [2.75, 3.05) is 20.2 Å². The molecule has 3 aliphatic rings. The molecule has 0 spiro atoms. The summed E-state index contributed by atoms with van der Waals surface area (Å²) in [4.78, 5) is 24.5. The van der Waals surface area contributed by atoms with E-state index in [2.05, 4.69) is 5.32 Å². The van der Waals surface area contributed by atoms with E-state index in [0.717, 1.165) is 5.56 Å². The molecule has 2 heterocycles. The molecule has 0 saturated carbocycles. The van der Waals surface area contributed by atoms with Gasteiger partial charge in [-0.15, -0.1) is 0 Å². The summed E-state index contributed by atoms with van der Waals surface area (Å²) in [6, 6.07) is 3.21. The number of esters is 2. The maximum absolute atomic E-state index is 13.0. The average molecular weight is 435 g/mol. The van der Waals surface area contributed by atoms with Gasteiger partial charge in [0.05, 0.1) is 13.7 Å². The molecule has 0 unspecified atom stereocenters. The number of β-amino-alcohol motifs (C(OH)–C–C–N with tert-alkyl or cyclic N) is 1. The second-order valence-electron chi connectivity index (χ2n) is 7.92. The Kier molecular flexibility index (Phi) is 5.65. The molecule has 1 aromatic carbocycles. The molecule has 168 valence electrons. The lowest BCUT2D eigenvalue weighted by Gasteiger charge is -2.51. The molecule has 2 fully saturated rings. The van der Waals surface area contributed by atoms with Gasteiger partial charge in [0.15, 0.2) is 23.7 Å². The number of hydrogen-bond acceptors (Lipinski definition) is 10. The molecule has 10 heteroatoms. The summed E-state index contributed by atoms with van der Waals surface area (Å²) < 4.78 is 21.4. The van der Waals surface area contributed by atoms with Crippen molar-refractivity contribution >= 4 is 18.0 Å². The molecule has 1 aromatic rings. The number of aromatic hydroxyl groups is 1. The van der Waals surface area contributed by atoms with Crippen molar-refractivity contribution in [3.63, 3.8) is 0 Å². The summed E-state index contributed by atoms with van der Waals surface area (Å²) in [6.07, 6.45) is -2.37. The number of nitrogens with one attached hydrogen (secondary N) is 1. The minimum Gasteiger partial charge on any atom is -0.504 e. The molecule has 0 aromatic heterocycles. The Morgan fingerprint density at radius 1 is 1.26 bits per heavy atom. The predicted octanol–water partition coefficient (Wildman–Crippen LogP) is -0.375. The Hall–Kier alpha value is -2.66. The van der Waals surface area contributed by atoms with Gasteiger partial charge in [0.2, 0.25) is 5.79 Å². The Morgan fingerprint density at radius 3 is 2.74 bits per heavy atom. The van der Waals surface area contributed by atoms with Gasteiger partial charge in [0.25, 0.3) is 0 Å². The minimum absolute atomic E-state index is 0.0137. The van der Waals surface area contributed by atoms with Crippen LogP contribution in [0.2, 0.25) is 0 Å². The van der Waals surface area contributed by atoms with Crippen molar-refractivity contribution < 1.29 is 43.9 Å². The van der Waals surface area contributed by atoms with Crippen LogP contribution < -0.4 is 10.1 Å². The monoisotopic (exact) mass is 435 g/mol. The molecule has 4 rings (SSSR count). The second-order valence-corrected chi connectivity index (χ2v) is 7.92. The fourth-order valence-electron chi connectivity index (χ4n) is 4.25. The van der Waals surface area contributed by atoms with Gasteiger partial charge >= 0.3 is 11.9 Å². The number of carbonyl (C=O) groups is 2. The Bertz CT molecular complexity index is 930. The van der Waals surface area contributed by atoms with Crippen LogP contribution in [0.1, 0.15) is 24.5 Å². The number of aryl methyl sites for hydroxylation is 1. The first-order chi connectivity index (χ1) is 14.7. The van der Waals surface area contributed by atoms with Crippen LogP contribution in [0.25, 0.3) is 6.08 Å². The zero-order chi connectivity index (χ0) is 22.3. The molecule has 2 aliphatic heterocycles. The molecule has 31 heavy (non-hydrogen) atoms. The fraction of sp³-hybridized carbons (Fsp3) is 0.524. The minimum atomic E-state index is -1.96. The van der Waals surface area contributed by atoms with Gasteiger partial charge in [-0.25, -0.2) is 4.79 Å². The smallest absolute Gasteiger partial charge is 0.334 e. The quantitative estimate of drug-likeness (QED) is 0.462. The number of aliphatic hydroxyl groups excluding tert-OH is 1. The normalized spacial score (nSPS) is 31.8. The Labute approximate surface area is 178 Å². The SMILES string of the molecule is COc1cc2c(cc1O)CCC(C(=O)O[C@@H]1[C@@H](OC(C)=O)[C@@H](O)[C@H]3CNC[C@@]1(O)O3)=C2. The average Bonchev–Trinajstić information content (AvgIpc) is 2.73. The number of benzene rings is 1. The third kappa shape index (κ3) is 3.99. The third-order valence-electron chi connectivity index (χ3n) is 5.77. The van der Waals surface area contributed by atoms with Crippen LogP contribution in [-0.2, 0) is 30.2 Å². The summed E-state index contributed by atoms with van der Waals surface area (Å²) in [5.41, 5.74) is 1.87. The van der Waals surface area contributed by atoms with Crippen molar-refractivity contribution in [2.24, 2.45) is 0 Å². The number of phenolic OH excluding ortho intramolecular Hbond substituents is 1. The van der Waals surface area contributed by atoms with Crippen LogP contribution in [0.3, 0.4) is 0 Å². The highest BCUT2D eigenvalue weighted by molar-refractivity contribution is 5.95. The van der Waals surface area contributed by atoms with E-state index in [-0.39, 0.29) is 24.6 Å². The van der Waals surface area contributed by atoms with Crippen molar-refractivity contribution in [2.45, 2.75) is 50.0 Å². The second kappa shape index (κ2) is 8.12. The third-order valence-corrected chi connectivity index (χ3v) is 5.77. The van der Waals surface area contributed by atoms with E-state index in [0.29, 0.717) is 24.0 Å². The van der Waals surface area contributed by atoms with Crippen molar-refractivity contribution in [1.82, 2.24) is 5.32 Å². The summed E-state index contributed by atoms with van der Waals surface area (Å²) >= 11 is 0.